The van der Waals surface area contributed by atoms with E-state index in [9.17, 15) is 4.79 Å². The van der Waals surface area contributed by atoms with E-state index in [1.165, 1.54) is 74.4 Å². The van der Waals surface area contributed by atoms with E-state index in [1.54, 1.807) is 12.2 Å². The number of fused-ring (bicyclic) bond motifs is 3. The largest absolute Gasteiger partial charge is 0.494 e. The normalized spacial score (nSPS) is 12.9. The fourth-order valence-electron chi connectivity index (χ4n) is 6.78. The third-order valence-corrected chi connectivity index (χ3v) is 10.1. The summed E-state index contributed by atoms with van der Waals surface area (Å²) in [5, 5.41) is 0. The molecule has 3 nitrogen and oxygen atoms in total. The van der Waals surface area contributed by atoms with Gasteiger partial charge >= 0.3 is 5.97 Å². The second-order valence-corrected chi connectivity index (χ2v) is 13.2. The lowest BCUT2D eigenvalue weighted by Crippen LogP contribution is -2.25. The average Bonchev–Trinajstić information content (AvgIpc) is 3.64. The van der Waals surface area contributed by atoms with Gasteiger partial charge in [0, 0.05) is 21.6 Å². The Morgan fingerprint density at radius 2 is 1.42 bits per heavy atom. The molecule has 45 heavy (non-hydrogen) atoms. The topological polar surface area (TPSA) is 35.5 Å². The van der Waals surface area contributed by atoms with Gasteiger partial charge in [-0.2, -0.15) is 0 Å². The molecular formula is C41H46O3S. The number of thiophene rings is 1. The molecule has 0 aliphatic heterocycles. The van der Waals surface area contributed by atoms with Gasteiger partial charge in [0.1, 0.15) is 11.9 Å². The molecule has 3 aromatic carbocycles. The molecule has 0 fully saturated rings. The quantitative estimate of drug-likeness (QED) is 0.0712. The highest BCUT2D eigenvalue weighted by molar-refractivity contribution is 7.18. The van der Waals surface area contributed by atoms with Gasteiger partial charge in [-0.3, -0.25) is 4.79 Å². The van der Waals surface area contributed by atoms with Gasteiger partial charge in [-0.05, 0) is 127 Å². The number of ether oxygens (including phenoxy) is 2. The van der Waals surface area contributed by atoms with Gasteiger partial charge in [-0.1, -0.05) is 75.7 Å². The van der Waals surface area contributed by atoms with Crippen LogP contribution in [0.2, 0.25) is 0 Å². The summed E-state index contributed by atoms with van der Waals surface area (Å²) < 4.78 is 11.2. The molecule has 0 spiro atoms. The Hall–Kier alpha value is -3.89. The number of benzene rings is 3. The lowest BCUT2D eigenvalue weighted by Gasteiger charge is -2.32. The highest BCUT2D eigenvalue weighted by atomic mass is 32.1. The Labute approximate surface area is 273 Å². The molecule has 234 valence electrons. The van der Waals surface area contributed by atoms with E-state index >= 15 is 0 Å². The first kappa shape index (κ1) is 32.5. The molecule has 4 aromatic rings. The predicted molar refractivity (Wildman–Crippen MR) is 190 cm³/mol. The number of hydrogen-bond donors (Lipinski definition) is 0. The van der Waals surface area contributed by atoms with Crippen molar-refractivity contribution < 1.29 is 14.3 Å². The molecule has 0 unspecified atom stereocenters. The minimum Gasteiger partial charge on any atom is -0.494 e. The van der Waals surface area contributed by atoms with Crippen LogP contribution < -0.4 is 4.74 Å². The van der Waals surface area contributed by atoms with E-state index in [4.69, 9.17) is 9.47 Å². The molecule has 1 heterocycles. The second kappa shape index (κ2) is 14.9. The summed E-state index contributed by atoms with van der Waals surface area (Å²) in [4.78, 5) is 14.4. The molecule has 0 saturated carbocycles. The van der Waals surface area contributed by atoms with E-state index in [-0.39, 0.29) is 11.4 Å². The zero-order valence-electron chi connectivity index (χ0n) is 27.1. The smallest absolute Gasteiger partial charge is 0.306 e. The van der Waals surface area contributed by atoms with Crippen molar-refractivity contribution in [3.05, 3.63) is 115 Å². The number of aryl methyl sites for hydroxylation is 1. The van der Waals surface area contributed by atoms with Crippen LogP contribution in [0.4, 0.5) is 0 Å². The van der Waals surface area contributed by atoms with Crippen molar-refractivity contribution in [3.63, 3.8) is 0 Å². The maximum absolute atomic E-state index is 11.9. The van der Waals surface area contributed by atoms with Gasteiger partial charge in [0.25, 0.3) is 0 Å². The Morgan fingerprint density at radius 3 is 2.09 bits per heavy atom. The fourth-order valence-corrected chi connectivity index (χ4v) is 7.79. The van der Waals surface area contributed by atoms with Crippen LogP contribution in [0.15, 0.2) is 98.1 Å². The van der Waals surface area contributed by atoms with Crippen LogP contribution in [0, 0.1) is 6.92 Å². The van der Waals surface area contributed by atoms with Gasteiger partial charge in [-0.15, -0.1) is 11.3 Å². The van der Waals surface area contributed by atoms with Gasteiger partial charge in [0.2, 0.25) is 0 Å². The van der Waals surface area contributed by atoms with Crippen LogP contribution in [-0.2, 0) is 14.9 Å². The van der Waals surface area contributed by atoms with Crippen molar-refractivity contribution in [2.75, 3.05) is 6.61 Å². The summed E-state index contributed by atoms with van der Waals surface area (Å²) in [5.41, 5.74) is 9.82. The molecule has 0 saturated heterocycles. The van der Waals surface area contributed by atoms with Crippen molar-refractivity contribution in [1.29, 1.82) is 0 Å². The van der Waals surface area contributed by atoms with Crippen molar-refractivity contribution in [2.45, 2.75) is 83.7 Å². The third kappa shape index (κ3) is 7.17. The maximum atomic E-state index is 11.9. The summed E-state index contributed by atoms with van der Waals surface area (Å²) in [7, 11) is 0. The minimum absolute atomic E-state index is 0.0957. The van der Waals surface area contributed by atoms with E-state index in [0.717, 1.165) is 25.0 Å². The van der Waals surface area contributed by atoms with Gasteiger partial charge < -0.3 is 9.47 Å². The Balaban J connectivity index is 1.22. The SMILES string of the molecule is C=CC(C=C)OC(=O)CCCCCOc1ccc(-c2ccc(-c3ccc4c(c3)C(CCC)(CCC)c3cc(C)ccc3-4)s2)cc1. The zero-order chi connectivity index (χ0) is 31.8. The second-order valence-electron chi connectivity index (χ2n) is 12.2. The van der Waals surface area contributed by atoms with Crippen LogP contribution in [0.25, 0.3) is 32.0 Å². The monoisotopic (exact) mass is 618 g/mol. The standard InChI is InChI=1S/C41H46O3S/c1-6-24-41(25-7-2)36-27-29(5)14-20-34(36)35-21-17-31(28-37(35)41)39-23-22-38(45-39)30-15-18-33(19-16-30)43-26-12-10-11-13-40(42)44-32(8-3)9-4/h8-9,14-23,27-28,32H,3-4,6-7,10-13,24-26H2,1-2,5H3. The third-order valence-electron chi connectivity index (χ3n) is 8.92. The van der Waals surface area contributed by atoms with E-state index in [2.05, 4.69) is 107 Å². The lowest BCUT2D eigenvalue weighted by molar-refractivity contribution is -0.145. The highest BCUT2D eigenvalue weighted by Crippen LogP contribution is 2.55. The summed E-state index contributed by atoms with van der Waals surface area (Å²) in [6.45, 7) is 14.8. The van der Waals surface area contributed by atoms with Crippen LogP contribution in [-0.4, -0.2) is 18.7 Å². The molecule has 0 atom stereocenters. The summed E-state index contributed by atoms with van der Waals surface area (Å²) >= 11 is 1.85. The number of unbranched alkanes of at least 4 members (excludes halogenated alkanes) is 2. The van der Waals surface area contributed by atoms with Crippen LogP contribution in [0.3, 0.4) is 0 Å². The van der Waals surface area contributed by atoms with Crippen molar-refractivity contribution in [2.24, 2.45) is 0 Å². The summed E-state index contributed by atoms with van der Waals surface area (Å²) in [6, 6.07) is 27.1. The molecular weight excluding hydrogens is 573 g/mol. The van der Waals surface area contributed by atoms with Gasteiger partial charge in [0.15, 0.2) is 0 Å². The number of esters is 1. The summed E-state index contributed by atoms with van der Waals surface area (Å²) in [6.07, 6.45) is 10.4. The fraction of sp³-hybridized carbons (Fsp3) is 0.341. The molecule has 1 aromatic heterocycles. The van der Waals surface area contributed by atoms with Crippen molar-refractivity contribution >= 4 is 17.3 Å². The van der Waals surface area contributed by atoms with Crippen molar-refractivity contribution in [3.8, 4) is 37.8 Å². The first-order chi connectivity index (χ1) is 21.9. The minimum atomic E-state index is -0.414. The first-order valence-corrected chi connectivity index (χ1v) is 17.3. The molecule has 1 aliphatic carbocycles. The molecule has 0 N–H and O–H groups in total. The maximum Gasteiger partial charge on any atom is 0.306 e. The first-order valence-electron chi connectivity index (χ1n) is 16.5. The van der Waals surface area contributed by atoms with Gasteiger partial charge in [0.05, 0.1) is 6.61 Å². The van der Waals surface area contributed by atoms with Crippen LogP contribution in [0.5, 0.6) is 5.75 Å². The number of hydrogen-bond acceptors (Lipinski definition) is 4. The Morgan fingerprint density at radius 1 is 0.800 bits per heavy atom. The molecule has 0 radical (unpaired) electrons. The lowest BCUT2D eigenvalue weighted by atomic mass is 9.71. The van der Waals surface area contributed by atoms with E-state index in [1.807, 2.05) is 11.3 Å². The Bertz CT molecular complexity index is 1610. The predicted octanol–water partition coefficient (Wildman–Crippen LogP) is 11.5. The van der Waals surface area contributed by atoms with Gasteiger partial charge in [-0.25, -0.2) is 0 Å². The van der Waals surface area contributed by atoms with Crippen molar-refractivity contribution in [1.82, 2.24) is 0 Å². The number of carbonyl (C=O) groups excluding carboxylic acids is 1. The number of carbonyl (C=O) groups is 1. The van der Waals surface area contributed by atoms with Crippen LogP contribution in [0.1, 0.15) is 81.9 Å². The average molecular weight is 619 g/mol. The Kier molecular flexibility index (Phi) is 10.8. The molecule has 5 rings (SSSR count). The zero-order valence-corrected chi connectivity index (χ0v) is 27.9. The van der Waals surface area contributed by atoms with E-state index in [0.29, 0.717) is 13.0 Å². The van der Waals surface area contributed by atoms with Crippen LogP contribution >= 0.6 is 11.3 Å². The highest BCUT2D eigenvalue weighted by Gasteiger charge is 2.42. The molecule has 0 amide bonds. The molecule has 0 bridgehead atoms. The summed E-state index contributed by atoms with van der Waals surface area (Å²) in [5.74, 6) is 0.650. The molecule has 1 aliphatic rings. The van der Waals surface area contributed by atoms with E-state index < -0.39 is 6.10 Å². The molecule has 4 heteroatoms. The number of rotatable bonds is 16.